The quantitative estimate of drug-likeness (QED) is 0.871. The maximum absolute atomic E-state index is 13.5. The van der Waals surface area contributed by atoms with E-state index >= 15 is 0 Å². The highest BCUT2D eigenvalue weighted by molar-refractivity contribution is 6.16. The number of nitrogens with one attached hydrogen (secondary N) is 1. The number of imide groups is 1. The summed E-state index contributed by atoms with van der Waals surface area (Å²) in [4.78, 5) is 34.2. The number of aliphatic imine (C=N–C) groups is 1. The zero-order valence-electron chi connectivity index (χ0n) is 14.9. The van der Waals surface area contributed by atoms with Crippen LogP contribution >= 0.6 is 0 Å². The van der Waals surface area contributed by atoms with E-state index in [1.54, 1.807) is 24.1 Å². The lowest BCUT2D eigenvalue weighted by atomic mass is 10.1. The van der Waals surface area contributed by atoms with Crippen LogP contribution in [0.2, 0.25) is 0 Å². The number of nitrogens with zero attached hydrogens (tertiary/aromatic N) is 4. The first-order valence-electron chi connectivity index (χ1n) is 8.81. The molecule has 3 aliphatic heterocycles. The minimum Gasteiger partial charge on any atom is -0.303 e. The van der Waals surface area contributed by atoms with Crippen LogP contribution in [0.15, 0.2) is 65.8 Å². The summed E-state index contributed by atoms with van der Waals surface area (Å²) in [5.41, 5.74) is 2.46. The summed E-state index contributed by atoms with van der Waals surface area (Å²) in [6, 6.07) is 14.6. The topological polar surface area (TPSA) is 68.2 Å². The van der Waals surface area contributed by atoms with E-state index in [2.05, 4.69) is 10.3 Å². The van der Waals surface area contributed by atoms with Gasteiger partial charge in [-0.3, -0.25) is 19.9 Å². The molecule has 2 unspecified atom stereocenters. The van der Waals surface area contributed by atoms with Crippen molar-refractivity contribution in [2.24, 2.45) is 4.99 Å². The number of hydrogen-bond donors (Lipinski definition) is 1. The summed E-state index contributed by atoms with van der Waals surface area (Å²) < 4.78 is 13.5. The van der Waals surface area contributed by atoms with Crippen LogP contribution in [0.3, 0.4) is 0 Å². The Hall–Kier alpha value is -3.68. The smallest absolute Gasteiger partial charge is 0.303 e. The Bertz CT molecular complexity index is 1030. The van der Waals surface area contributed by atoms with Crippen LogP contribution in [0, 0.1) is 5.82 Å². The first-order valence-corrected chi connectivity index (χ1v) is 8.81. The van der Waals surface area contributed by atoms with E-state index < -0.39 is 24.1 Å². The van der Waals surface area contributed by atoms with E-state index in [1.807, 2.05) is 41.4 Å². The number of rotatable bonds is 2. The third-order valence-electron chi connectivity index (χ3n) is 5.13. The van der Waals surface area contributed by atoms with Crippen molar-refractivity contribution in [1.29, 1.82) is 0 Å². The first-order chi connectivity index (χ1) is 13.5. The molecule has 0 bridgehead atoms. The summed E-state index contributed by atoms with van der Waals surface area (Å²) >= 11 is 0. The largest absolute Gasteiger partial charge is 0.325 e. The standard InChI is InChI=1S/C20H16FN5O2/c1-24-17-16(18(27)23-20(24)28)25-11-15(12-5-3-2-4-6-12)26(19(25)22-17)14-9-7-13(21)8-10-14/h2-11,16-17H,1H3,(H,23,27,28). The molecule has 2 atom stereocenters. The van der Waals surface area contributed by atoms with Gasteiger partial charge >= 0.3 is 6.03 Å². The van der Waals surface area contributed by atoms with Crippen molar-refractivity contribution in [1.82, 2.24) is 15.1 Å². The SMILES string of the molecule is CN1C(=O)NC(=O)C2C1N=C1N(c3ccc(F)cc3)C(c3ccccc3)=CN12. The van der Waals surface area contributed by atoms with Crippen molar-refractivity contribution in [3.8, 4) is 0 Å². The van der Waals surface area contributed by atoms with Crippen molar-refractivity contribution < 1.29 is 14.0 Å². The van der Waals surface area contributed by atoms with E-state index in [1.165, 1.54) is 17.0 Å². The molecule has 5 rings (SSSR count). The molecule has 1 saturated heterocycles. The lowest BCUT2D eigenvalue weighted by molar-refractivity contribution is -0.126. The minimum atomic E-state index is -0.651. The molecule has 2 aromatic rings. The third-order valence-corrected chi connectivity index (χ3v) is 5.13. The molecule has 8 heteroatoms. The van der Waals surface area contributed by atoms with Gasteiger partial charge in [-0.1, -0.05) is 30.3 Å². The van der Waals surface area contributed by atoms with Gasteiger partial charge in [0.05, 0.1) is 5.70 Å². The fourth-order valence-electron chi connectivity index (χ4n) is 3.74. The van der Waals surface area contributed by atoms with Crippen LogP contribution in [0.25, 0.3) is 5.70 Å². The Labute approximate surface area is 160 Å². The number of halogens is 1. The van der Waals surface area contributed by atoms with Gasteiger partial charge in [-0.25, -0.2) is 14.2 Å². The number of benzene rings is 2. The first kappa shape index (κ1) is 16.5. The van der Waals surface area contributed by atoms with Crippen molar-refractivity contribution in [3.05, 3.63) is 72.2 Å². The number of fused-ring (bicyclic) bond motifs is 3. The van der Waals surface area contributed by atoms with Gasteiger partial charge in [0.1, 0.15) is 5.82 Å². The highest BCUT2D eigenvalue weighted by atomic mass is 19.1. The summed E-state index contributed by atoms with van der Waals surface area (Å²) in [7, 11) is 1.61. The predicted octanol–water partition coefficient (Wildman–Crippen LogP) is 2.19. The fraction of sp³-hybridized carbons (Fsp3) is 0.150. The molecule has 3 heterocycles. The van der Waals surface area contributed by atoms with Gasteiger partial charge in [0.25, 0.3) is 5.91 Å². The molecule has 1 fully saturated rings. The lowest BCUT2D eigenvalue weighted by Gasteiger charge is -2.34. The number of carbonyl (C=O) groups excluding carboxylic acids is 2. The zero-order valence-corrected chi connectivity index (χ0v) is 14.9. The molecule has 7 nitrogen and oxygen atoms in total. The van der Waals surface area contributed by atoms with Gasteiger partial charge in [0.15, 0.2) is 12.2 Å². The number of guanidine groups is 1. The molecule has 3 amide bonds. The molecule has 3 aliphatic rings. The Balaban J connectivity index is 1.64. The summed E-state index contributed by atoms with van der Waals surface area (Å²) in [6.45, 7) is 0. The Morgan fingerprint density at radius 1 is 1.04 bits per heavy atom. The number of urea groups is 1. The van der Waals surface area contributed by atoms with Crippen LogP contribution in [-0.2, 0) is 4.79 Å². The number of hydrogen-bond acceptors (Lipinski definition) is 5. The van der Waals surface area contributed by atoms with Crippen molar-refractivity contribution in [2.75, 3.05) is 11.9 Å². The molecule has 140 valence electrons. The van der Waals surface area contributed by atoms with Crippen molar-refractivity contribution in [2.45, 2.75) is 12.2 Å². The molecule has 0 radical (unpaired) electrons. The second-order valence-electron chi connectivity index (χ2n) is 6.79. The van der Waals surface area contributed by atoms with Crippen molar-refractivity contribution in [3.63, 3.8) is 0 Å². The molecule has 0 aliphatic carbocycles. The van der Waals surface area contributed by atoms with Crippen LogP contribution in [-0.4, -0.2) is 47.0 Å². The second kappa shape index (κ2) is 5.91. The minimum absolute atomic E-state index is 0.336. The van der Waals surface area contributed by atoms with E-state index in [0.717, 1.165) is 11.3 Å². The predicted molar refractivity (Wildman–Crippen MR) is 101 cm³/mol. The molecule has 0 spiro atoms. The molecule has 28 heavy (non-hydrogen) atoms. The van der Waals surface area contributed by atoms with Gasteiger partial charge in [-0.05, 0) is 24.3 Å². The van der Waals surface area contributed by atoms with Crippen LogP contribution in [0.1, 0.15) is 5.56 Å². The Morgan fingerprint density at radius 3 is 2.46 bits per heavy atom. The van der Waals surface area contributed by atoms with E-state index in [4.69, 9.17) is 0 Å². The summed E-state index contributed by atoms with van der Waals surface area (Å²) in [6.07, 6.45) is 1.23. The average molecular weight is 377 g/mol. The number of carbonyl (C=O) groups is 2. The van der Waals surface area contributed by atoms with Crippen LogP contribution in [0.5, 0.6) is 0 Å². The van der Waals surface area contributed by atoms with E-state index in [-0.39, 0.29) is 5.82 Å². The van der Waals surface area contributed by atoms with E-state index in [0.29, 0.717) is 11.6 Å². The fourth-order valence-corrected chi connectivity index (χ4v) is 3.74. The third kappa shape index (κ3) is 2.31. The molecule has 1 N–H and O–H groups in total. The second-order valence-corrected chi connectivity index (χ2v) is 6.79. The molecular weight excluding hydrogens is 361 g/mol. The zero-order chi connectivity index (χ0) is 19.4. The van der Waals surface area contributed by atoms with Gasteiger partial charge in [0.2, 0.25) is 5.96 Å². The van der Waals surface area contributed by atoms with Crippen LogP contribution in [0.4, 0.5) is 14.9 Å². The lowest BCUT2D eigenvalue weighted by Crippen LogP contribution is -2.62. The molecular formula is C20H16FN5O2. The maximum atomic E-state index is 13.5. The molecule has 0 saturated carbocycles. The monoisotopic (exact) mass is 377 g/mol. The van der Waals surface area contributed by atoms with Gasteiger partial charge in [-0.2, -0.15) is 0 Å². The van der Waals surface area contributed by atoms with E-state index in [9.17, 15) is 14.0 Å². The molecule has 0 aromatic heterocycles. The number of anilines is 1. The number of likely N-dealkylation sites (N-methyl/N-ethyl adjacent to an activating group) is 1. The van der Waals surface area contributed by atoms with Gasteiger partial charge in [0, 0.05) is 24.5 Å². The molecule has 2 aromatic carbocycles. The Morgan fingerprint density at radius 2 is 1.75 bits per heavy atom. The van der Waals surface area contributed by atoms with Gasteiger partial charge in [-0.15, -0.1) is 0 Å². The maximum Gasteiger partial charge on any atom is 0.325 e. The summed E-state index contributed by atoms with van der Waals surface area (Å²) in [5.74, 6) is -0.203. The van der Waals surface area contributed by atoms with Gasteiger partial charge < -0.3 is 4.90 Å². The van der Waals surface area contributed by atoms with Crippen LogP contribution < -0.4 is 10.2 Å². The highest BCUT2D eigenvalue weighted by Gasteiger charge is 2.52. The summed E-state index contributed by atoms with van der Waals surface area (Å²) in [5, 5.41) is 2.37. The number of amides is 3. The Kier molecular flexibility index (Phi) is 3.48. The normalized spacial score (nSPS) is 23.3. The highest BCUT2D eigenvalue weighted by Crippen LogP contribution is 2.38. The average Bonchev–Trinajstić information content (AvgIpc) is 3.24. The van der Waals surface area contributed by atoms with Crippen molar-refractivity contribution >= 4 is 29.3 Å².